The molecular formula is C14H15N5O3. The van der Waals surface area contributed by atoms with E-state index < -0.39 is 0 Å². The van der Waals surface area contributed by atoms with Crippen LogP contribution in [0, 0.1) is 0 Å². The van der Waals surface area contributed by atoms with Gasteiger partial charge in [-0.2, -0.15) is 10.2 Å². The number of amides is 1. The molecular weight excluding hydrogens is 286 g/mol. The Hall–Kier alpha value is -2.90. The lowest BCUT2D eigenvalue weighted by atomic mass is 10.3. The standard InChI is InChI=1S/C14H15N5O3/c1-9(2)16-13(20)7-18-14(21)11-6-10(12-4-3-5-22-12)17-19(11)8-15-18/h3-6,8-9H,7H2,1-2H3,(H,16,20). The first-order valence-corrected chi connectivity index (χ1v) is 6.83. The van der Waals surface area contributed by atoms with E-state index in [9.17, 15) is 9.59 Å². The van der Waals surface area contributed by atoms with Gasteiger partial charge in [0.25, 0.3) is 5.56 Å². The Morgan fingerprint density at radius 1 is 1.45 bits per heavy atom. The van der Waals surface area contributed by atoms with Crippen LogP contribution in [-0.4, -0.2) is 31.3 Å². The van der Waals surface area contributed by atoms with Crippen molar-refractivity contribution in [2.24, 2.45) is 0 Å². The van der Waals surface area contributed by atoms with Crippen LogP contribution in [0.5, 0.6) is 0 Å². The first kappa shape index (κ1) is 14.1. The van der Waals surface area contributed by atoms with Crippen LogP contribution in [0.1, 0.15) is 13.8 Å². The summed E-state index contributed by atoms with van der Waals surface area (Å²) in [7, 11) is 0. The van der Waals surface area contributed by atoms with Gasteiger partial charge < -0.3 is 9.73 Å². The number of fused-ring (bicyclic) bond motifs is 1. The minimum absolute atomic E-state index is 0.00690. The van der Waals surface area contributed by atoms with Gasteiger partial charge in [0, 0.05) is 12.1 Å². The third-order valence-electron chi connectivity index (χ3n) is 3.01. The predicted octanol–water partition coefficient (Wildman–Crippen LogP) is 0.676. The lowest BCUT2D eigenvalue weighted by Crippen LogP contribution is -2.37. The predicted molar refractivity (Wildman–Crippen MR) is 78.2 cm³/mol. The molecule has 0 aliphatic carbocycles. The summed E-state index contributed by atoms with van der Waals surface area (Å²) in [5.74, 6) is 0.298. The molecule has 0 unspecified atom stereocenters. The number of nitrogens with zero attached hydrogens (tertiary/aromatic N) is 4. The molecule has 3 heterocycles. The summed E-state index contributed by atoms with van der Waals surface area (Å²) in [4.78, 5) is 24.1. The summed E-state index contributed by atoms with van der Waals surface area (Å²) >= 11 is 0. The first-order valence-electron chi connectivity index (χ1n) is 6.83. The molecule has 3 rings (SSSR count). The zero-order chi connectivity index (χ0) is 15.7. The van der Waals surface area contributed by atoms with Gasteiger partial charge >= 0.3 is 0 Å². The molecule has 3 aromatic heterocycles. The Labute approximate surface area is 125 Å². The highest BCUT2D eigenvalue weighted by Gasteiger charge is 2.13. The molecule has 0 aliphatic heterocycles. The average Bonchev–Trinajstić information content (AvgIpc) is 3.09. The smallest absolute Gasteiger partial charge is 0.293 e. The summed E-state index contributed by atoms with van der Waals surface area (Å²) in [5.41, 5.74) is 0.485. The Morgan fingerprint density at radius 2 is 2.27 bits per heavy atom. The maximum Gasteiger partial charge on any atom is 0.293 e. The zero-order valence-electron chi connectivity index (χ0n) is 12.2. The van der Waals surface area contributed by atoms with Crippen molar-refractivity contribution in [2.75, 3.05) is 0 Å². The second kappa shape index (κ2) is 5.47. The van der Waals surface area contributed by atoms with Crippen molar-refractivity contribution in [1.29, 1.82) is 0 Å². The molecule has 0 saturated carbocycles. The summed E-state index contributed by atoms with van der Waals surface area (Å²) < 4.78 is 7.74. The molecule has 3 aromatic rings. The minimum atomic E-state index is -0.383. The van der Waals surface area contributed by atoms with Crippen LogP contribution in [0.25, 0.3) is 17.0 Å². The van der Waals surface area contributed by atoms with Gasteiger partial charge in [-0.3, -0.25) is 9.59 Å². The topological polar surface area (TPSA) is 94.4 Å². The third kappa shape index (κ3) is 2.62. The van der Waals surface area contributed by atoms with Crippen LogP contribution in [0.15, 0.2) is 40.0 Å². The zero-order valence-corrected chi connectivity index (χ0v) is 12.2. The molecule has 0 aliphatic rings. The largest absolute Gasteiger partial charge is 0.463 e. The van der Waals surface area contributed by atoms with E-state index in [0.717, 1.165) is 4.68 Å². The maximum atomic E-state index is 12.4. The molecule has 1 amide bonds. The number of aromatic nitrogens is 4. The van der Waals surface area contributed by atoms with E-state index in [-0.39, 0.29) is 24.1 Å². The van der Waals surface area contributed by atoms with Crippen LogP contribution >= 0.6 is 0 Å². The van der Waals surface area contributed by atoms with Crippen LogP contribution in [0.3, 0.4) is 0 Å². The Morgan fingerprint density at radius 3 is 2.95 bits per heavy atom. The number of carbonyl (C=O) groups excluding carboxylic acids is 1. The van der Waals surface area contributed by atoms with Crippen molar-refractivity contribution in [1.82, 2.24) is 24.7 Å². The number of rotatable bonds is 4. The van der Waals surface area contributed by atoms with Crippen LogP contribution in [0.4, 0.5) is 0 Å². The summed E-state index contributed by atoms with van der Waals surface area (Å²) in [5, 5.41) is 10.9. The number of furan rings is 1. The third-order valence-corrected chi connectivity index (χ3v) is 3.01. The Balaban J connectivity index is 1.96. The quantitative estimate of drug-likeness (QED) is 0.764. The van der Waals surface area contributed by atoms with E-state index in [1.807, 2.05) is 13.8 Å². The lowest BCUT2D eigenvalue weighted by molar-refractivity contribution is -0.122. The highest BCUT2D eigenvalue weighted by Crippen LogP contribution is 2.18. The lowest BCUT2D eigenvalue weighted by Gasteiger charge is -2.08. The molecule has 0 fully saturated rings. The highest BCUT2D eigenvalue weighted by molar-refractivity contribution is 5.76. The van der Waals surface area contributed by atoms with Gasteiger partial charge in [-0.15, -0.1) is 0 Å². The maximum absolute atomic E-state index is 12.4. The van der Waals surface area contributed by atoms with Crippen molar-refractivity contribution < 1.29 is 9.21 Å². The average molecular weight is 301 g/mol. The molecule has 1 N–H and O–H groups in total. The fourth-order valence-corrected chi connectivity index (χ4v) is 2.10. The number of hydrogen-bond acceptors (Lipinski definition) is 5. The second-order valence-electron chi connectivity index (χ2n) is 5.15. The van der Waals surface area contributed by atoms with Gasteiger partial charge in [0.05, 0.1) is 6.26 Å². The normalized spacial score (nSPS) is 11.2. The molecule has 0 spiro atoms. The van der Waals surface area contributed by atoms with E-state index in [4.69, 9.17) is 4.42 Å². The van der Waals surface area contributed by atoms with Crippen molar-refractivity contribution in [3.63, 3.8) is 0 Å². The van der Waals surface area contributed by atoms with E-state index in [2.05, 4.69) is 15.5 Å². The van der Waals surface area contributed by atoms with Gasteiger partial charge in [-0.1, -0.05) is 0 Å². The van der Waals surface area contributed by atoms with Crippen LogP contribution in [-0.2, 0) is 11.3 Å². The minimum Gasteiger partial charge on any atom is -0.463 e. The molecule has 8 nitrogen and oxygen atoms in total. The van der Waals surface area contributed by atoms with Crippen molar-refractivity contribution in [2.45, 2.75) is 26.4 Å². The number of carbonyl (C=O) groups is 1. The van der Waals surface area contributed by atoms with Crippen molar-refractivity contribution in [3.05, 3.63) is 41.1 Å². The molecule has 22 heavy (non-hydrogen) atoms. The van der Waals surface area contributed by atoms with Gasteiger partial charge in [0.1, 0.15) is 24.1 Å². The summed E-state index contributed by atoms with van der Waals surface area (Å²) in [6.07, 6.45) is 2.93. The van der Waals surface area contributed by atoms with Gasteiger partial charge in [-0.25, -0.2) is 9.20 Å². The Kier molecular flexibility index (Phi) is 3.50. The van der Waals surface area contributed by atoms with Gasteiger partial charge in [-0.05, 0) is 26.0 Å². The first-order chi connectivity index (χ1) is 10.5. The highest BCUT2D eigenvalue weighted by atomic mass is 16.3. The molecule has 0 atom stereocenters. The fraction of sp³-hybridized carbons (Fsp3) is 0.286. The van der Waals surface area contributed by atoms with Crippen molar-refractivity contribution >= 4 is 11.4 Å². The van der Waals surface area contributed by atoms with E-state index in [1.165, 1.54) is 17.1 Å². The van der Waals surface area contributed by atoms with Crippen LogP contribution < -0.4 is 10.9 Å². The molecule has 0 saturated heterocycles. The molecule has 8 heteroatoms. The van der Waals surface area contributed by atoms with E-state index in [0.29, 0.717) is 17.0 Å². The SMILES string of the molecule is CC(C)NC(=O)Cn1ncn2nc(-c3ccco3)cc2c1=O. The fourth-order valence-electron chi connectivity index (χ4n) is 2.10. The van der Waals surface area contributed by atoms with Crippen molar-refractivity contribution in [3.8, 4) is 11.5 Å². The van der Waals surface area contributed by atoms with E-state index >= 15 is 0 Å². The Bertz CT molecular complexity index is 860. The monoisotopic (exact) mass is 301 g/mol. The number of nitrogens with one attached hydrogen (secondary N) is 1. The van der Waals surface area contributed by atoms with Gasteiger partial charge in [0.2, 0.25) is 5.91 Å². The molecule has 0 radical (unpaired) electrons. The summed E-state index contributed by atoms with van der Waals surface area (Å²) in [6, 6.07) is 5.11. The number of hydrogen-bond donors (Lipinski definition) is 1. The van der Waals surface area contributed by atoms with Crippen LogP contribution in [0.2, 0.25) is 0 Å². The van der Waals surface area contributed by atoms with E-state index in [1.54, 1.807) is 18.2 Å². The summed E-state index contributed by atoms with van der Waals surface area (Å²) in [6.45, 7) is 3.57. The second-order valence-corrected chi connectivity index (χ2v) is 5.15. The molecule has 0 bridgehead atoms. The molecule has 0 aromatic carbocycles. The molecule has 114 valence electrons. The van der Waals surface area contributed by atoms with Gasteiger partial charge in [0.15, 0.2) is 5.76 Å².